The van der Waals surface area contributed by atoms with Crippen LogP contribution in [-0.4, -0.2) is 16.1 Å². The number of hydrogen-bond donors (Lipinski definition) is 2. The summed E-state index contributed by atoms with van der Waals surface area (Å²) < 4.78 is 12.8. The van der Waals surface area contributed by atoms with Crippen LogP contribution in [0.4, 0.5) is 10.1 Å². The summed E-state index contributed by atoms with van der Waals surface area (Å²) in [5.41, 5.74) is 6.53. The number of rotatable bonds is 3. The van der Waals surface area contributed by atoms with E-state index in [1.165, 1.54) is 12.1 Å². The maximum atomic E-state index is 12.8. The zero-order valence-corrected chi connectivity index (χ0v) is 9.43. The average molecular weight is 246 g/mol. The van der Waals surface area contributed by atoms with Gasteiger partial charge in [0.25, 0.3) is 5.91 Å². The van der Waals surface area contributed by atoms with Gasteiger partial charge in [0.2, 0.25) is 0 Å². The molecule has 0 spiro atoms. The molecule has 0 aliphatic heterocycles. The molecule has 18 heavy (non-hydrogen) atoms. The molecule has 5 nitrogen and oxygen atoms in total. The number of halogens is 1. The molecule has 0 aliphatic carbocycles. The SMILES string of the molecule is Nc1cc(F)ccc1C(=O)NCc1cccnn1. The van der Waals surface area contributed by atoms with Crippen LogP contribution >= 0.6 is 0 Å². The molecule has 0 aliphatic rings. The van der Waals surface area contributed by atoms with Crippen LogP contribution in [-0.2, 0) is 6.54 Å². The van der Waals surface area contributed by atoms with Crippen LogP contribution in [0, 0.1) is 5.82 Å². The Bertz CT molecular complexity index is 559. The number of nitrogens with two attached hydrogens (primary N) is 1. The molecule has 1 heterocycles. The van der Waals surface area contributed by atoms with E-state index in [-0.39, 0.29) is 23.7 Å². The van der Waals surface area contributed by atoms with Crippen LogP contribution < -0.4 is 11.1 Å². The molecule has 1 aromatic heterocycles. The van der Waals surface area contributed by atoms with Gasteiger partial charge in [0.05, 0.1) is 17.8 Å². The maximum Gasteiger partial charge on any atom is 0.253 e. The topological polar surface area (TPSA) is 80.9 Å². The van der Waals surface area contributed by atoms with E-state index < -0.39 is 5.82 Å². The van der Waals surface area contributed by atoms with E-state index in [1.807, 2.05) is 0 Å². The van der Waals surface area contributed by atoms with E-state index in [2.05, 4.69) is 15.5 Å². The highest BCUT2D eigenvalue weighted by molar-refractivity contribution is 5.99. The normalized spacial score (nSPS) is 10.1. The standard InChI is InChI=1S/C12H11FN4O/c13-8-3-4-10(11(14)6-8)12(18)15-7-9-2-1-5-16-17-9/h1-6H,7,14H2,(H,15,18). The van der Waals surface area contributed by atoms with Gasteiger partial charge in [-0.25, -0.2) is 4.39 Å². The van der Waals surface area contributed by atoms with Gasteiger partial charge in [-0.1, -0.05) is 0 Å². The van der Waals surface area contributed by atoms with Crippen molar-refractivity contribution in [1.29, 1.82) is 0 Å². The van der Waals surface area contributed by atoms with Crippen molar-refractivity contribution in [3.05, 3.63) is 53.6 Å². The minimum absolute atomic E-state index is 0.103. The van der Waals surface area contributed by atoms with Gasteiger partial charge in [-0.2, -0.15) is 10.2 Å². The molecule has 0 fully saturated rings. The summed E-state index contributed by atoms with van der Waals surface area (Å²) in [6.07, 6.45) is 1.54. The van der Waals surface area contributed by atoms with Crippen LogP contribution in [0.2, 0.25) is 0 Å². The molecule has 0 saturated carbocycles. The molecule has 0 atom stereocenters. The summed E-state index contributed by atoms with van der Waals surface area (Å²) in [4.78, 5) is 11.8. The Morgan fingerprint density at radius 3 is 2.89 bits per heavy atom. The molecule has 92 valence electrons. The highest BCUT2D eigenvalue weighted by Crippen LogP contribution is 2.13. The van der Waals surface area contributed by atoms with Crippen LogP contribution in [0.25, 0.3) is 0 Å². The lowest BCUT2D eigenvalue weighted by molar-refractivity contribution is 0.0951. The minimum Gasteiger partial charge on any atom is -0.398 e. The van der Waals surface area contributed by atoms with E-state index >= 15 is 0 Å². The lowest BCUT2D eigenvalue weighted by Gasteiger charge is -2.06. The van der Waals surface area contributed by atoms with Gasteiger partial charge in [0.15, 0.2) is 0 Å². The number of carbonyl (C=O) groups is 1. The molecule has 2 aromatic rings. The van der Waals surface area contributed by atoms with Crippen molar-refractivity contribution >= 4 is 11.6 Å². The summed E-state index contributed by atoms with van der Waals surface area (Å²) in [6.45, 7) is 0.240. The Morgan fingerprint density at radius 1 is 1.39 bits per heavy atom. The number of hydrogen-bond acceptors (Lipinski definition) is 4. The Hall–Kier alpha value is -2.50. The van der Waals surface area contributed by atoms with Crippen LogP contribution in [0.15, 0.2) is 36.5 Å². The Morgan fingerprint density at radius 2 is 2.22 bits per heavy atom. The molecule has 0 radical (unpaired) electrons. The lowest BCUT2D eigenvalue weighted by Crippen LogP contribution is -2.24. The molecular weight excluding hydrogens is 235 g/mol. The number of nitrogens with zero attached hydrogens (tertiary/aromatic N) is 2. The first-order valence-electron chi connectivity index (χ1n) is 5.26. The maximum absolute atomic E-state index is 12.8. The van der Waals surface area contributed by atoms with E-state index in [9.17, 15) is 9.18 Å². The number of anilines is 1. The monoisotopic (exact) mass is 246 g/mol. The fraction of sp³-hybridized carbons (Fsp3) is 0.0833. The summed E-state index contributed by atoms with van der Waals surface area (Å²) in [5, 5.41) is 10.1. The smallest absolute Gasteiger partial charge is 0.253 e. The zero-order chi connectivity index (χ0) is 13.0. The average Bonchev–Trinajstić information content (AvgIpc) is 2.37. The second kappa shape index (κ2) is 5.22. The molecule has 2 rings (SSSR count). The van der Waals surface area contributed by atoms with Gasteiger partial charge in [0, 0.05) is 11.9 Å². The molecular formula is C12H11FN4O. The Kier molecular flexibility index (Phi) is 3.47. The molecule has 3 N–H and O–H groups in total. The third kappa shape index (κ3) is 2.79. The number of carbonyl (C=O) groups excluding carboxylic acids is 1. The molecule has 0 saturated heterocycles. The highest BCUT2D eigenvalue weighted by atomic mass is 19.1. The second-order valence-corrected chi connectivity index (χ2v) is 3.63. The molecule has 6 heteroatoms. The predicted molar refractivity (Wildman–Crippen MR) is 64.0 cm³/mol. The fourth-order valence-corrected chi connectivity index (χ4v) is 1.43. The van der Waals surface area contributed by atoms with E-state index in [0.717, 1.165) is 6.07 Å². The number of benzene rings is 1. The van der Waals surface area contributed by atoms with Crippen LogP contribution in [0.5, 0.6) is 0 Å². The predicted octanol–water partition coefficient (Wildman–Crippen LogP) is 1.13. The van der Waals surface area contributed by atoms with Crippen molar-refractivity contribution < 1.29 is 9.18 Å². The van der Waals surface area contributed by atoms with Crippen molar-refractivity contribution in [3.63, 3.8) is 0 Å². The third-order valence-electron chi connectivity index (χ3n) is 2.32. The first-order valence-corrected chi connectivity index (χ1v) is 5.26. The second-order valence-electron chi connectivity index (χ2n) is 3.63. The number of aromatic nitrogens is 2. The zero-order valence-electron chi connectivity index (χ0n) is 9.43. The fourth-order valence-electron chi connectivity index (χ4n) is 1.43. The quantitative estimate of drug-likeness (QED) is 0.795. The van der Waals surface area contributed by atoms with Gasteiger partial charge < -0.3 is 11.1 Å². The van der Waals surface area contributed by atoms with Crippen molar-refractivity contribution in [2.75, 3.05) is 5.73 Å². The molecule has 1 aromatic carbocycles. The number of nitrogens with one attached hydrogen (secondary N) is 1. The van der Waals surface area contributed by atoms with Gasteiger partial charge in [-0.05, 0) is 30.3 Å². The number of amides is 1. The first kappa shape index (κ1) is 12.0. The van der Waals surface area contributed by atoms with E-state index in [1.54, 1.807) is 18.3 Å². The van der Waals surface area contributed by atoms with Gasteiger partial charge >= 0.3 is 0 Å². The first-order chi connectivity index (χ1) is 8.66. The molecule has 0 bridgehead atoms. The largest absolute Gasteiger partial charge is 0.398 e. The number of nitrogen functional groups attached to an aromatic ring is 1. The lowest BCUT2D eigenvalue weighted by atomic mass is 10.1. The Labute approximate surface area is 103 Å². The van der Waals surface area contributed by atoms with Gasteiger partial charge in [-0.15, -0.1) is 0 Å². The van der Waals surface area contributed by atoms with Crippen molar-refractivity contribution in [2.24, 2.45) is 0 Å². The Balaban J connectivity index is 2.04. The molecule has 1 amide bonds. The van der Waals surface area contributed by atoms with Gasteiger partial charge in [-0.3, -0.25) is 4.79 Å². The summed E-state index contributed by atoms with van der Waals surface area (Å²) >= 11 is 0. The van der Waals surface area contributed by atoms with E-state index in [0.29, 0.717) is 5.69 Å². The highest BCUT2D eigenvalue weighted by Gasteiger charge is 2.10. The summed E-state index contributed by atoms with van der Waals surface area (Å²) in [6, 6.07) is 7.10. The third-order valence-corrected chi connectivity index (χ3v) is 2.32. The van der Waals surface area contributed by atoms with E-state index in [4.69, 9.17) is 5.73 Å². The molecule has 0 unspecified atom stereocenters. The summed E-state index contributed by atoms with van der Waals surface area (Å²) in [5.74, 6) is -0.851. The van der Waals surface area contributed by atoms with Crippen molar-refractivity contribution in [2.45, 2.75) is 6.54 Å². The van der Waals surface area contributed by atoms with Gasteiger partial charge in [0.1, 0.15) is 5.82 Å². The summed E-state index contributed by atoms with van der Waals surface area (Å²) in [7, 11) is 0. The van der Waals surface area contributed by atoms with Crippen molar-refractivity contribution in [1.82, 2.24) is 15.5 Å². The van der Waals surface area contributed by atoms with Crippen LogP contribution in [0.3, 0.4) is 0 Å². The van der Waals surface area contributed by atoms with Crippen LogP contribution in [0.1, 0.15) is 16.1 Å². The minimum atomic E-state index is -0.474. The van der Waals surface area contributed by atoms with Crippen molar-refractivity contribution in [3.8, 4) is 0 Å².